The first-order valence-corrected chi connectivity index (χ1v) is 9.52. The number of para-hydroxylation sites is 1. The first-order chi connectivity index (χ1) is 13.8. The number of rotatable bonds is 3. The van der Waals surface area contributed by atoms with E-state index in [1.165, 1.54) is 16.5 Å². The molecule has 5 rings (SSSR count). The van der Waals surface area contributed by atoms with Gasteiger partial charge in [-0.25, -0.2) is 9.97 Å². The van der Waals surface area contributed by atoms with Crippen molar-refractivity contribution in [2.45, 2.75) is 19.5 Å². The summed E-state index contributed by atoms with van der Waals surface area (Å²) in [6.07, 6.45) is 4.81. The Bertz CT molecular complexity index is 1130. The first kappa shape index (κ1) is 16.8. The molecule has 0 radical (unpaired) electrons. The van der Waals surface area contributed by atoms with Crippen molar-refractivity contribution in [1.82, 2.24) is 19.9 Å². The van der Waals surface area contributed by atoms with Gasteiger partial charge in [-0.2, -0.15) is 0 Å². The van der Waals surface area contributed by atoms with E-state index in [4.69, 9.17) is 10.7 Å². The lowest BCUT2D eigenvalue weighted by molar-refractivity contribution is 0.244. The lowest BCUT2D eigenvalue weighted by Crippen LogP contribution is -2.31. The molecule has 0 fully saturated rings. The molecule has 0 atom stereocenters. The van der Waals surface area contributed by atoms with Crippen LogP contribution < -0.4 is 5.73 Å². The fourth-order valence-electron chi connectivity index (χ4n) is 3.81. The van der Waals surface area contributed by atoms with E-state index < -0.39 is 0 Å². The van der Waals surface area contributed by atoms with Gasteiger partial charge < -0.3 is 5.73 Å². The van der Waals surface area contributed by atoms with E-state index in [-0.39, 0.29) is 0 Å². The first-order valence-electron chi connectivity index (χ1n) is 9.52. The SMILES string of the molecule is Nc1ccc(-c2ncc3c(n2)CCN(Cc2ccnc4ccccc24)C3)cc1. The van der Waals surface area contributed by atoms with Crippen LogP contribution in [0.25, 0.3) is 22.3 Å². The number of hydrogen-bond donors (Lipinski definition) is 1. The third-order valence-corrected chi connectivity index (χ3v) is 5.32. The Kier molecular flexibility index (Phi) is 4.22. The number of aromatic nitrogens is 3. The lowest BCUT2D eigenvalue weighted by Gasteiger charge is -2.28. The summed E-state index contributed by atoms with van der Waals surface area (Å²) in [4.78, 5) is 16.3. The molecule has 138 valence electrons. The molecule has 0 spiro atoms. The Hall–Kier alpha value is -3.31. The van der Waals surface area contributed by atoms with Crippen LogP contribution in [0.3, 0.4) is 0 Å². The largest absolute Gasteiger partial charge is 0.399 e. The Morgan fingerprint density at radius 2 is 1.82 bits per heavy atom. The van der Waals surface area contributed by atoms with Crippen molar-refractivity contribution in [2.75, 3.05) is 12.3 Å². The van der Waals surface area contributed by atoms with Crippen LogP contribution in [0.4, 0.5) is 5.69 Å². The van der Waals surface area contributed by atoms with Gasteiger partial charge in [-0.3, -0.25) is 9.88 Å². The number of benzene rings is 2. The zero-order chi connectivity index (χ0) is 18.9. The fraction of sp³-hybridized carbons (Fsp3) is 0.174. The van der Waals surface area contributed by atoms with Crippen LogP contribution in [-0.2, 0) is 19.5 Å². The van der Waals surface area contributed by atoms with E-state index in [1.54, 1.807) is 0 Å². The molecule has 0 saturated heterocycles. The third kappa shape index (κ3) is 3.21. The van der Waals surface area contributed by atoms with Crippen molar-refractivity contribution in [1.29, 1.82) is 0 Å². The minimum Gasteiger partial charge on any atom is -0.399 e. The van der Waals surface area contributed by atoms with Gasteiger partial charge in [0, 0.05) is 60.6 Å². The smallest absolute Gasteiger partial charge is 0.159 e. The van der Waals surface area contributed by atoms with Crippen molar-refractivity contribution in [3.8, 4) is 11.4 Å². The lowest BCUT2D eigenvalue weighted by atomic mass is 10.0. The highest BCUT2D eigenvalue weighted by Gasteiger charge is 2.19. The van der Waals surface area contributed by atoms with Crippen LogP contribution in [0.2, 0.25) is 0 Å². The monoisotopic (exact) mass is 367 g/mol. The highest BCUT2D eigenvalue weighted by Crippen LogP contribution is 2.24. The van der Waals surface area contributed by atoms with Crippen molar-refractivity contribution in [2.24, 2.45) is 0 Å². The number of nitrogens with two attached hydrogens (primary N) is 1. The molecule has 4 aromatic rings. The molecule has 2 N–H and O–H groups in total. The molecule has 2 aromatic carbocycles. The molecule has 0 unspecified atom stereocenters. The van der Waals surface area contributed by atoms with Gasteiger partial charge in [-0.15, -0.1) is 0 Å². The van der Waals surface area contributed by atoms with Crippen molar-refractivity contribution in [3.63, 3.8) is 0 Å². The predicted octanol–water partition coefficient (Wildman–Crippen LogP) is 3.83. The second-order valence-electron chi connectivity index (χ2n) is 7.24. The highest BCUT2D eigenvalue weighted by atomic mass is 15.1. The van der Waals surface area contributed by atoms with Crippen LogP contribution in [0, 0.1) is 0 Å². The zero-order valence-electron chi connectivity index (χ0n) is 15.5. The maximum Gasteiger partial charge on any atom is 0.159 e. The second kappa shape index (κ2) is 7.02. The van der Waals surface area contributed by atoms with E-state index in [2.05, 4.69) is 39.1 Å². The van der Waals surface area contributed by atoms with Gasteiger partial charge in [0.1, 0.15) is 0 Å². The average Bonchev–Trinajstić information content (AvgIpc) is 2.74. The molecule has 2 aromatic heterocycles. The van der Waals surface area contributed by atoms with Crippen LogP contribution in [0.5, 0.6) is 0 Å². The fourth-order valence-corrected chi connectivity index (χ4v) is 3.81. The van der Waals surface area contributed by atoms with Gasteiger partial charge in [0.05, 0.1) is 11.2 Å². The summed E-state index contributed by atoms with van der Waals surface area (Å²) in [5.41, 5.74) is 12.3. The van der Waals surface area contributed by atoms with E-state index in [9.17, 15) is 0 Å². The molecule has 0 bridgehead atoms. The van der Waals surface area contributed by atoms with E-state index in [0.717, 1.165) is 54.3 Å². The molecule has 0 aliphatic carbocycles. The Morgan fingerprint density at radius 3 is 2.71 bits per heavy atom. The minimum absolute atomic E-state index is 0.751. The van der Waals surface area contributed by atoms with Crippen LogP contribution in [0.15, 0.2) is 67.0 Å². The molecule has 3 heterocycles. The van der Waals surface area contributed by atoms with Crippen molar-refractivity contribution in [3.05, 3.63) is 83.8 Å². The third-order valence-electron chi connectivity index (χ3n) is 5.32. The standard InChI is InChI=1S/C23H21N5/c24-19-7-5-16(6-8-19)23-26-13-18-15-28(12-10-21(18)27-23)14-17-9-11-25-22-4-2-1-3-20(17)22/h1-9,11,13H,10,12,14-15,24H2. The van der Waals surface area contributed by atoms with Crippen molar-refractivity contribution >= 4 is 16.6 Å². The maximum atomic E-state index is 5.78. The van der Waals surface area contributed by atoms with E-state index >= 15 is 0 Å². The summed E-state index contributed by atoms with van der Waals surface area (Å²) < 4.78 is 0. The normalized spacial score (nSPS) is 14.1. The summed E-state index contributed by atoms with van der Waals surface area (Å²) in [5, 5.41) is 1.23. The molecule has 5 heteroatoms. The second-order valence-corrected chi connectivity index (χ2v) is 7.24. The topological polar surface area (TPSA) is 67.9 Å². The maximum absolute atomic E-state index is 5.78. The highest BCUT2D eigenvalue weighted by molar-refractivity contribution is 5.81. The quantitative estimate of drug-likeness (QED) is 0.557. The van der Waals surface area contributed by atoms with Gasteiger partial charge in [-0.05, 0) is 42.0 Å². The molecule has 1 aliphatic heterocycles. The number of pyridine rings is 1. The Labute approximate surface area is 163 Å². The van der Waals surface area contributed by atoms with E-state index in [0.29, 0.717) is 0 Å². The van der Waals surface area contributed by atoms with E-state index in [1.807, 2.05) is 42.7 Å². The molecule has 5 nitrogen and oxygen atoms in total. The number of nitrogen functional groups attached to an aromatic ring is 1. The average molecular weight is 367 g/mol. The predicted molar refractivity (Wildman–Crippen MR) is 111 cm³/mol. The zero-order valence-corrected chi connectivity index (χ0v) is 15.5. The molecule has 0 saturated carbocycles. The van der Waals surface area contributed by atoms with Crippen LogP contribution in [-0.4, -0.2) is 26.4 Å². The number of hydrogen-bond acceptors (Lipinski definition) is 5. The Balaban J connectivity index is 1.37. The van der Waals surface area contributed by atoms with Gasteiger partial charge in [0.25, 0.3) is 0 Å². The van der Waals surface area contributed by atoms with Crippen molar-refractivity contribution < 1.29 is 0 Å². The number of fused-ring (bicyclic) bond motifs is 2. The molecule has 28 heavy (non-hydrogen) atoms. The summed E-state index contributed by atoms with van der Waals surface area (Å²) in [6, 6.07) is 18.2. The summed E-state index contributed by atoms with van der Waals surface area (Å²) in [5.74, 6) is 0.771. The summed E-state index contributed by atoms with van der Waals surface area (Å²) in [6.45, 7) is 2.76. The molecular formula is C23H21N5. The van der Waals surface area contributed by atoms with Crippen LogP contribution >= 0.6 is 0 Å². The Morgan fingerprint density at radius 1 is 0.964 bits per heavy atom. The van der Waals surface area contributed by atoms with Crippen LogP contribution in [0.1, 0.15) is 16.8 Å². The number of nitrogens with zero attached hydrogens (tertiary/aromatic N) is 4. The van der Waals surface area contributed by atoms with Gasteiger partial charge in [0.2, 0.25) is 0 Å². The molecule has 1 aliphatic rings. The minimum atomic E-state index is 0.751. The number of anilines is 1. The van der Waals surface area contributed by atoms with Gasteiger partial charge >= 0.3 is 0 Å². The van der Waals surface area contributed by atoms with Gasteiger partial charge in [-0.1, -0.05) is 18.2 Å². The molecule has 0 amide bonds. The van der Waals surface area contributed by atoms with Gasteiger partial charge in [0.15, 0.2) is 5.82 Å². The summed E-state index contributed by atoms with van der Waals surface area (Å²) >= 11 is 0. The molecular weight excluding hydrogens is 346 g/mol. The summed E-state index contributed by atoms with van der Waals surface area (Å²) in [7, 11) is 0.